The fourth-order valence-electron chi connectivity index (χ4n) is 1.24. The number of likely N-dealkylation sites (N-methyl/N-ethyl adjacent to an activating group) is 1. The number of nitrogens with one attached hydrogen (secondary N) is 1. The predicted octanol–water partition coefficient (Wildman–Crippen LogP) is 1.81. The van der Waals surface area contributed by atoms with Crippen LogP contribution < -0.4 is 10.2 Å². The fourth-order valence-corrected chi connectivity index (χ4v) is 1.59. The summed E-state index contributed by atoms with van der Waals surface area (Å²) < 4.78 is 0.908. The van der Waals surface area contributed by atoms with Crippen LogP contribution in [0.15, 0.2) is 22.9 Å². The summed E-state index contributed by atoms with van der Waals surface area (Å²) in [5, 5.41) is 2.83. The highest BCUT2D eigenvalue weighted by Crippen LogP contribution is 2.16. The molecule has 0 spiro atoms. The molecule has 0 saturated heterocycles. The molecular formula is C11H16BrN3O. The molecule has 1 aromatic heterocycles. The maximum atomic E-state index is 11.5. The number of pyridine rings is 1. The van der Waals surface area contributed by atoms with Crippen LogP contribution in [-0.2, 0) is 4.79 Å². The van der Waals surface area contributed by atoms with Gasteiger partial charge in [0.1, 0.15) is 0 Å². The zero-order valence-electron chi connectivity index (χ0n) is 9.53. The number of carbonyl (C=O) groups is 1. The highest BCUT2D eigenvalue weighted by Gasteiger charge is 2.07. The molecule has 4 nitrogen and oxygen atoms in total. The highest BCUT2D eigenvalue weighted by atomic mass is 79.9. The molecule has 1 rings (SSSR count). The van der Waals surface area contributed by atoms with E-state index in [9.17, 15) is 4.79 Å². The zero-order chi connectivity index (χ0) is 12.0. The van der Waals surface area contributed by atoms with E-state index in [1.165, 1.54) is 0 Å². The number of hydrogen-bond donors (Lipinski definition) is 1. The Morgan fingerprint density at radius 2 is 2.31 bits per heavy atom. The Bertz CT molecular complexity index is 357. The molecule has 0 unspecified atom stereocenters. The van der Waals surface area contributed by atoms with E-state index in [0.717, 1.165) is 23.1 Å². The Kier molecular flexibility index (Phi) is 5.25. The average molecular weight is 286 g/mol. The van der Waals surface area contributed by atoms with Crippen molar-refractivity contribution >= 4 is 27.5 Å². The Balaban J connectivity index is 2.52. The van der Waals surface area contributed by atoms with Crippen molar-refractivity contribution in [3.63, 3.8) is 0 Å². The van der Waals surface area contributed by atoms with Crippen LogP contribution in [-0.4, -0.2) is 31.0 Å². The minimum atomic E-state index is 0.0318. The number of aromatic nitrogens is 1. The van der Waals surface area contributed by atoms with Crippen molar-refractivity contribution in [1.29, 1.82) is 0 Å². The summed E-state index contributed by atoms with van der Waals surface area (Å²) in [4.78, 5) is 17.4. The van der Waals surface area contributed by atoms with E-state index in [0.29, 0.717) is 6.54 Å². The first-order valence-corrected chi connectivity index (χ1v) is 6.01. The molecule has 5 heteroatoms. The van der Waals surface area contributed by atoms with E-state index < -0.39 is 0 Å². The van der Waals surface area contributed by atoms with Gasteiger partial charge in [-0.05, 0) is 28.4 Å². The van der Waals surface area contributed by atoms with Crippen LogP contribution >= 0.6 is 15.9 Å². The second-order valence-electron chi connectivity index (χ2n) is 3.57. The molecule has 88 valence electrons. The van der Waals surface area contributed by atoms with Crippen LogP contribution in [0.5, 0.6) is 0 Å². The summed E-state index contributed by atoms with van der Waals surface area (Å²) in [5.74, 6) is 0.0318. The molecule has 0 saturated carbocycles. The van der Waals surface area contributed by atoms with Crippen molar-refractivity contribution in [2.45, 2.75) is 13.3 Å². The Morgan fingerprint density at radius 3 is 2.94 bits per heavy atom. The van der Waals surface area contributed by atoms with Crippen molar-refractivity contribution in [3.8, 4) is 0 Å². The number of carbonyl (C=O) groups excluding carboxylic acids is 1. The van der Waals surface area contributed by atoms with E-state index in [1.807, 2.05) is 24.9 Å². The highest BCUT2D eigenvalue weighted by molar-refractivity contribution is 9.10. The summed E-state index contributed by atoms with van der Waals surface area (Å²) in [6.07, 6.45) is 4.40. The van der Waals surface area contributed by atoms with Crippen molar-refractivity contribution in [3.05, 3.63) is 22.9 Å². The smallest absolute Gasteiger partial charge is 0.239 e. The maximum absolute atomic E-state index is 11.5. The molecule has 1 amide bonds. The predicted molar refractivity (Wildman–Crippen MR) is 68.5 cm³/mol. The SMILES string of the molecule is CCCNC(=O)CN(C)c1cncc(Br)c1. The lowest BCUT2D eigenvalue weighted by Crippen LogP contribution is -2.35. The molecule has 0 aromatic carbocycles. The quantitative estimate of drug-likeness (QED) is 0.898. The normalized spacial score (nSPS) is 9.94. The first-order chi connectivity index (χ1) is 7.63. The Labute approximate surface area is 104 Å². The van der Waals surface area contributed by atoms with Crippen LogP contribution in [0.1, 0.15) is 13.3 Å². The van der Waals surface area contributed by atoms with Gasteiger partial charge in [-0.15, -0.1) is 0 Å². The van der Waals surface area contributed by atoms with Crippen molar-refractivity contribution in [2.75, 3.05) is 25.0 Å². The standard InChI is InChI=1S/C11H16BrN3O/c1-3-4-14-11(16)8-15(2)10-5-9(12)6-13-7-10/h5-7H,3-4,8H2,1-2H3,(H,14,16). The third-order valence-corrected chi connectivity index (χ3v) is 2.52. The van der Waals surface area contributed by atoms with Gasteiger partial charge in [0.2, 0.25) is 5.91 Å². The van der Waals surface area contributed by atoms with Crippen molar-refractivity contribution in [1.82, 2.24) is 10.3 Å². The minimum Gasteiger partial charge on any atom is -0.364 e. The van der Waals surface area contributed by atoms with E-state index in [-0.39, 0.29) is 5.91 Å². The molecule has 0 aliphatic heterocycles. The third-order valence-electron chi connectivity index (χ3n) is 2.08. The van der Waals surface area contributed by atoms with Crippen LogP contribution in [0.25, 0.3) is 0 Å². The van der Waals surface area contributed by atoms with Gasteiger partial charge in [-0.3, -0.25) is 9.78 Å². The monoisotopic (exact) mass is 285 g/mol. The lowest BCUT2D eigenvalue weighted by atomic mass is 10.3. The summed E-state index contributed by atoms with van der Waals surface area (Å²) >= 11 is 3.35. The zero-order valence-corrected chi connectivity index (χ0v) is 11.1. The Hall–Kier alpha value is -1.10. The van der Waals surface area contributed by atoms with E-state index in [1.54, 1.807) is 12.4 Å². The summed E-state index contributed by atoms with van der Waals surface area (Å²) in [6.45, 7) is 3.10. The van der Waals surface area contributed by atoms with Crippen molar-refractivity contribution in [2.24, 2.45) is 0 Å². The molecule has 1 heterocycles. The number of rotatable bonds is 5. The molecule has 0 radical (unpaired) electrons. The van der Waals surface area contributed by atoms with E-state index in [4.69, 9.17) is 0 Å². The molecule has 16 heavy (non-hydrogen) atoms. The van der Waals surface area contributed by atoms with Gasteiger partial charge >= 0.3 is 0 Å². The van der Waals surface area contributed by atoms with E-state index in [2.05, 4.69) is 26.2 Å². The number of amides is 1. The maximum Gasteiger partial charge on any atom is 0.239 e. The van der Waals surface area contributed by atoms with Crippen LogP contribution in [0.4, 0.5) is 5.69 Å². The van der Waals surface area contributed by atoms with Gasteiger partial charge in [-0.25, -0.2) is 0 Å². The third kappa shape index (κ3) is 4.18. The number of anilines is 1. The molecule has 1 aromatic rings. The van der Waals surface area contributed by atoms with Crippen molar-refractivity contribution < 1.29 is 4.79 Å². The summed E-state index contributed by atoms with van der Waals surface area (Å²) in [5.41, 5.74) is 0.918. The average Bonchev–Trinajstić information content (AvgIpc) is 2.26. The van der Waals surface area contributed by atoms with Gasteiger partial charge < -0.3 is 10.2 Å². The second kappa shape index (κ2) is 6.48. The van der Waals surface area contributed by atoms with Crippen LogP contribution in [0, 0.1) is 0 Å². The van der Waals surface area contributed by atoms with Gasteiger partial charge in [-0.2, -0.15) is 0 Å². The number of hydrogen-bond acceptors (Lipinski definition) is 3. The fraction of sp³-hybridized carbons (Fsp3) is 0.455. The second-order valence-corrected chi connectivity index (χ2v) is 4.48. The minimum absolute atomic E-state index is 0.0318. The first kappa shape index (κ1) is 13.0. The van der Waals surface area contributed by atoms with Gasteiger partial charge in [0, 0.05) is 24.3 Å². The molecule has 0 fully saturated rings. The first-order valence-electron chi connectivity index (χ1n) is 5.22. The topological polar surface area (TPSA) is 45.2 Å². The molecule has 1 N–H and O–H groups in total. The van der Waals surface area contributed by atoms with Gasteiger partial charge in [0.05, 0.1) is 18.4 Å². The Morgan fingerprint density at radius 1 is 1.56 bits per heavy atom. The molecule has 0 aliphatic carbocycles. The lowest BCUT2D eigenvalue weighted by molar-refractivity contribution is -0.119. The molecular weight excluding hydrogens is 270 g/mol. The molecule has 0 bridgehead atoms. The largest absolute Gasteiger partial charge is 0.364 e. The van der Waals surface area contributed by atoms with Gasteiger partial charge in [0.15, 0.2) is 0 Å². The lowest BCUT2D eigenvalue weighted by Gasteiger charge is -2.18. The van der Waals surface area contributed by atoms with Gasteiger partial charge in [-0.1, -0.05) is 6.92 Å². The van der Waals surface area contributed by atoms with Gasteiger partial charge in [0.25, 0.3) is 0 Å². The van der Waals surface area contributed by atoms with Crippen LogP contribution in [0.2, 0.25) is 0 Å². The number of nitrogens with zero attached hydrogens (tertiary/aromatic N) is 2. The summed E-state index contributed by atoms with van der Waals surface area (Å²) in [6, 6.07) is 1.93. The summed E-state index contributed by atoms with van der Waals surface area (Å²) in [7, 11) is 1.87. The van der Waals surface area contributed by atoms with E-state index >= 15 is 0 Å². The molecule has 0 aliphatic rings. The number of halogens is 1. The molecule has 0 atom stereocenters. The van der Waals surface area contributed by atoms with Crippen LogP contribution in [0.3, 0.4) is 0 Å².